The fourth-order valence-corrected chi connectivity index (χ4v) is 1.99. The number of guanidine groups is 1. The van der Waals surface area contributed by atoms with Crippen LogP contribution in [0.3, 0.4) is 0 Å². The number of hydrogen-bond acceptors (Lipinski definition) is 2. The summed E-state index contributed by atoms with van der Waals surface area (Å²) < 4.78 is 5.60. The van der Waals surface area contributed by atoms with Crippen molar-refractivity contribution < 1.29 is 4.74 Å². The van der Waals surface area contributed by atoms with Gasteiger partial charge in [0.25, 0.3) is 0 Å². The SMILES string of the molecule is CN=C(NCc1ccc(COC(C)C)cc1)NCC1CC1.I. The van der Waals surface area contributed by atoms with E-state index in [0.717, 1.165) is 25.0 Å². The highest BCUT2D eigenvalue weighted by molar-refractivity contribution is 14.0. The average molecular weight is 417 g/mol. The minimum atomic E-state index is 0. The maximum absolute atomic E-state index is 5.60. The van der Waals surface area contributed by atoms with E-state index in [0.29, 0.717) is 6.61 Å². The van der Waals surface area contributed by atoms with E-state index in [-0.39, 0.29) is 30.1 Å². The Morgan fingerprint density at radius 2 is 1.82 bits per heavy atom. The highest BCUT2D eigenvalue weighted by Crippen LogP contribution is 2.27. The molecule has 1 aliphatic rings. The Bertz CT molecular complexity index is 455. The molecule has 0 radical (unpaired) electrons. The molecule has 0 amide bonds. The maximum Gasteiger partial charge on any atom is 0.191 e. The van der Waals surface area contributed by atoms with E-state index in [1.54, 1.807) is 0 Å². The number of aliphatic imine (C=N–C) groups is 1. The van der Waals surface area contributed by atoms with Crippen molar-refractivity contribution >= 4 is 29.9 Å². The second-order valence-corrected chi connectivity index (χ2v) is 5.93. The van der Waals surface area contributed by atoms with Crippen LogP contribution in [0.5, 0.6) is 0 Å². The van der Waals surface area contributed by atoms with E-state index in [4.69, 9.17) is 4.74 Å². The second kappa shape index (κ2) is 10.0. The zero-order valence-electron chi connectivity index (χ0n) is 13.8. The molecule has 1 saturated carbocycles. The first kappa shape index (κ1) is 19.2. The Morgan fingerprint density at radius 1 is 1.18 bits per heavy atom. The van der Waals surface area contributed by atoms with Gasteiger partial charge in [0, 0.05) is 20.1 Å². The predicted octanol–water partition coefficient (Wildman–Crippen LogP) is 3.30. The lowest BCUT2D eigenvalue weighted by Crippen LogP contribution is -2.37. The Balaban J connectivity index is 0.00000242. The van der Waals surface area contributed by atoms with Crippen molar-refractivity contribution in [3.05, 3.63) is 35.4 Å². The molecule has 124 valence electrons. The number of hydrogen-bond donors (Lipinski definition) is 2. The zero-order valence-corrected chi connectivity index (χ0v) is 16.1. The smallest absolute Gasteiger partial charge is 0.191 e. The van der Waals surface area contributed by atoms with Crippen molar-refractivity contribution in [1.29, 1.82) is 0 Å². The molecule has 1 fully saturated rings. The lowest BCUT2D eigenvalue weighted by molar-refractivity contribution is 0.0657. The van der Waals surface area contributed by atoms with Gasteiger partial charge < -0.3 is 15.4 Å². The molecule has 1 aliphatic carbocycles. The summed E-state index contributed by atoms with van der Waals surface area (Å²) in [6, 6.07) is 8.53. The Hall–Kier alpha value is -0.820. The van der Waals surface area contributed by atoms with Crippen LogP contribution in [0.4, 0.5) is 0 Å². The van der Waals surface area contributed by atoms with E-state index in [9.17, 15) is 0 Å². The van der Waals surface area contributed by atoms with Gasteiger partial charge in [-0.15, -0.1) is 24.0 Å². The third-order valence-corrected chi connectivity index (χ3v) is 3.54. The van der Waals surface area contributed by atoms with Crippen LogP contribution in [0.15, 0.2) is 29.3 Å². The van der Waals surface area contributed by atoms with Crippen LogP contribution in [-0.2, 0) is 17.9 Å². The molecule has 4 nitrogen and oxygen atoms in total. The quantitative estimate of drug-likeness (QED) is 0.407. The summed E-state index contributed by atoms with van der Waals surface area (Å²) in [5.41, 5.74) is 2.46. The fourth-order valence-electron chi connectivity index (χ4n) is 1.99. The third kappa shape index (κ3) is 7.45. The molecule has 0 heterocycles. The number of rotatable bonds is 7. The molecule has 5 heteroatoms. The number of nitrogens with one attached hydrogen (secondary N) is 2. The van der Waals surface area contributed by atoms with Crippen LogP contribution < -0.4 is 10.6 Å². The summed E-state index contributed by atoms with van der Waals surface area (Å²) in [6.45, 7) is 6.61. The Labute approximate surface area is 151 Å². The van der Waals surface area contributed by atoms with E-state index in [2.05, 4.69) is 53.7 Å². The molecule has 0 aromatic heterocycles. The second-order valence-electron chi connectivity index (χ2n) is 5.93. The van der Waals surface area contributed by atoms with Gasteiger partial charge in [-0.1, -0.05) is 24.3 Å². The molecule has 1 aromatic carbocycles. The van der Waals surface area contributed by atoms with Gasteiger partial charge in [0.1, 0.15) is 0 Å². The number of nitrogens with zero attached hydrogens (tertiary/aromatic N) is 1. The third-order valence-electron chi connectivity index (χ3n) is 3.54. The van der Waals surface area contributed by atoms with E-state index < -0.39 is 0 Å². The lowest BCUT2D eigenvalue weighted by Gasteiger charge is -2.12. The summed E-state index contributed by atoms with van der Waals surface area (Å²) in [5, 5.41) is 6.71. The minimum absolute atomic E-state index is 0. The molecule has 0 bridgehead atoms. The molecule has 0 atom stereocenters. The molecule has 0 spiro atoms. The molecule has 0 saturated heterocycles. The van der Waals surface area contributed by atoms with Crippen LogP contribution in [0, 0.1) is 5.92 Å². The molecule has 0 aliphatic heterocycles. The van der Waals surface area contributed by atoms with Gasteiger partial charge in [-0.25, -0.2) is 0 Å². The van der Waals surface area contributed by atoms with Gasteiger partial charge in [0.15, 0.2) is 5.96 Å². The minimum Gasteiger partial charge on any atom is -0.374 e. The van der Waals surface area contributed by atoms with Crippen molar-refractivity contribution in [3.8, 4) is 0 Å². The summed E-state index contributed by atoms with van der Waals surface area (Å²) in [4.78, 5) is 4.24. The number of halogens is 1. The fraction of sp³-hybridized carbons (Fsp3) is 0.588. The molecule has 2 N–H and O–H groups in total. The van der Waals surface area contributed by atoms with Crippen LogP contribution in [-0.4, -0.2) is 25.7 Å². The van der Waals surface area contributed by atoms with Gasteiger partial charge in [-0.3, -0.25) is 4.99 Å². The van der Waals surface area contributed by atoms with Crippen molar-refractivity contribution in [1.82, 2.24) is 10.6 Å². The first-order valence-electron chi connectivity index (χ1n) is 7.81. The predicted molar refractivity (Wildman–Crippen MR) is 103 cm³/mol. The van der Waals surface area contributed by atoms with E-state index >= 15 is 0 Å². The molecule has 22 heavy (non-hydrogen) atoms. The van der Waals surface area contributed by atoms with Crippen molar-refractivity contribution in [2.75, 3.05) is 13.6 Å². The molecular formula is C17H28IN3O. The average Bonchev–Trinajstić information content (AvgIpc) is 3.30. The first-order chi connectivity index (χ1) is 10.2. The highest BCUT2D eigenvalue weighted by atomic mass is 127. The number of benzene rings is 1. The molecule has 1 aromatic rings. The van der Waals surface area contributed by atoms with Crippen molar-refractivity contribution in [2.45, 2.75) is 45.9 Å². The van der Waals surface area contributed by atoms with Crippen LogP contribution in [0.1, 0.15) is 37.8 Å². The normalized spacial score (nSPS) is 14.6. The molecule has 2 rings (SSSR count). The topological polar surface area (TPSA) is 45.7 Å². The lowest BCUT2D eigenvalue weighted by atomic mass is 10.1. The number of ether oxygens (including phenoxy) is 1. The monoisotopic (exact) mass is 417 g/mol. The maximum atomic E-state index is 5.60. The zero-order chi connectivity index (χ0) is 15.1. The van der Waals surface area contributed by atoms with Gasteiger partial charge in [0.2, 0.25) is 0 Å². The van der Waals surface area contributed by atoms with Crippen molar-refractivity contribution in [2.24, 2.45) is 10.9 Å². The summed E-state index contributed by atoms with van der Waals surface area (Å²) in [7, 11) is 1.81. The standard InChI is InChI=1S/C17H27N3O.HI/c1-13(2)21-12-16-8-6-15(7-9-16)11-20-17(18-3)19-10-14-4-5-14;/h6-9,13-14H,4-5,10-12H2,1-3H3,(H2,18,19,20);1H. The molecular weight excluding hydrogens is 389 g/mol. The first-order valence-corrected chi connectivity index (χ1v) is 7.81. The largest absolute Gasteiger partial charge is 0.374 e. The summed E-state index contributed by atoms with van der Waals surface area (Å²) in [5.74, 6) is 1.73. The highest BCUT2D eigenvalue weighted by Gasteiger charge is 2.20. The van der Waals surface area contributed by atoms with Crippen LogP contribution >= 0.6 is 24.0 Å². The van der Waals surface area contributed by atoms with Crippen LogP contribution in [0.25, 0.3) is 0 Å². The van der Waals surface area contributed by atoms with Crippen molar-refractivity contribution in [3.63, 3.8) is 0 Å². The van der Waals surface area contributed by atoms with Gasteiger partial charge in [-0.2, -0.15) is 0 Å². The Morgan fingerprint density at radius 3 is 2.36 bits per heavy atom. The van der Waals surface area contributed by atoms with Gasteiger partial charge >= 0.3 is 0 Å². The summed E-state index contributed by atoms with van der Waals surface area (Å²) in [6.07, 6.45) is 2.97. The Kier molecular flexibility index (Phi) is 8.78. The summed E-state index contributed by atoms with van der Waals surface area (Å²) >= 11 is 0. The van der Waals surface area contributed by atoms with Gasteiger partial charge in [0.05, 0.1) is 12.7 Å². The molecule has 0 unspecified atom stereocenters. The van der Waals surface area contributed by atoms with E-state index in [1.165, 1.54) is 24.0 Å². The van der Waals surface area contributed by atoms with E-state index in [1.807, 2.05) is 7.05 Å². The van der Waals surface area contributed by atoms with Crippen LogP contribution in [0.2, 0.25) is 0 Å². The van der Waals surface area contributed by atoms with Gasteiger partial charge in [-0.05, 0) is 43.7 Å².